The van der Waals surface area contributed by atoms with Crippen LogP contribution >= 0.6 is 22.9 Å². The standard InChI is InChI=1S/C23H23ClN4O3S/c24-22-18(8-4-10-25-22)21(19-9-5-15-32-19)31-16-20(29)27-11-13-28(14-12-27)23(30)26-17-6-2-1-3-7-17/h1-10,15,21H,11-14,16H2,(H,26,30). The second kappa shape index (κ2) is 10.6. The topological polar surface area (TPSA) is 74.8 Å². The number of ether oxygens (including phenoxy) is 1. The van der Waals surface area contributed by atoms with Gasteiger partial charge >= 0.3 is 6.03 Å². The largest absolute Gasteiger partial charge is 0.358 e. The molecule has 1 aliphatic rings. The highest BCUT2D eigenvalue weighted by Crippen LogP contribution is 2.32. The Kier molecular flexibility index (Phi) is 7.36. The summed E-state index contributed by atoms with van der Waals surface area (Å²) < 4.78 is 6.02. The summed E-state index contributed by atoms with van der Waals surface area (Å²) in [6.07, 6.45) is 1.16. The molecule has 1 aromatic carbocycles. The van der Waals surface area contributed by atoms with Gasteiger partial charge in [0.05, 0.1) is 0 Å². The first-order valence-corrected chi connectivity index (χ1v) is 11.5. The fourth-order valence-electron chi connectivity index (χ4n) is 3.49. The Morgan fingerprint density at radius 3 is 2.47 bits per heavy atom. The Morgan fingerprint density at radius 2 is 1.78 bits per heavy atom. The van der Waals surface area contributed by atoms with E-state index in [1.54, 1.807) is 22.1 Å². The third kappa shape index (κ3) is 5.45. The average molecular weight is 471 g/mol. The summed E-state index contributed by atoms with van der Waals surface area (Å²) in [7, 11) is 0. The summed E-state index contributed by atoms with van der Waals surface area (Å²) in [5.41, 5.74) is 1.48. The normalized spacial score (nSPS) is 14.8. The molecule has 1 fully saturated rings. The molecule has 4 rings (SSSR count). The molecular formula is C23H23ClN4O3S. The molecule has 1 saturated heterocycles. The molecule has 3 aromatic rings. The Balaban J connectivity index is 1.31. The van der Waals surface area contributed by atoms with Crippen LogP contribution in [0.1, 0.15) is 16.5 Å². The van der Waals surface area contributed by atoms with E-state index in [0.29, 0.717) is 31.3 Å². The maximum absolute atomic E-state index is 12.8. The van der Waals surface area contributed by atoms with Crippen LogP contribution in [0.2, 0.25) is 5.15 Å². The Morgan fingerprint density at radius 1 is 1.03 bits per heavy atom. The van der Waals surface area contributed by atoms with Crippen molar-refractivity contribution in [2.24, 2.45) is 0 Å². The minimum Gasteiger partial charge on any atom is -0.358 e. The molecule has 3 heterocycles. The number of anilines is 1. The van der Waals surface area contributed by atoms with Gasteiger partial charge in [0, 0.05) is 48.5 Å². The van der Waals surface area contributed by atoms with Gasteiger partial charge in [-0.3, -0.25) is 4.79 Å². The molecule has 1 N–H and O–H groups in total. The number of nitrogens with zero attached hydrogens (tertiary/aromatic N) is 3. The molecule has 0 spiro atoms. The molecular weight excluding hydrogens is 448 g/mol. The Bertz CT molecular complexity index is 1040. The van der Waals surface area contributed by atoms with Gasteiger partial charge in [0.1, 0.15) is 17.9 Å². The number of carbonyl (C=O) groups excluding carboxylic acids is 2. The van der Waals surface area contributed by atoms with E-state index in [4.69, 9.17) is 16.3 Å². The smallest absolute Gasteiger partial charge is 0.321 e. The summed E-state index contributed by atoms with van der Waals surface area (Å²) >= 11 is 7.82. The number of benzene rings is 1. The van der Waals surface area contributed by atoms with Gasteiger partial charge in [-0.15, -0.1) is 11.3 Å². The van der Waals surface area contributed by atoms with Crippen LogP contribution in [0.25, 0.3) is 0 Å². The van der Waals surface area contributed by atoms with Crippen molar-refractivity contribution in [3.05, 3.63) is 81.8 Å². The summed E-state index contributed by atoms with van der Waals surface area (Å²) in [5.74, 6) is -0.116. The van der Waals surface area contributed by atoms with Crippen molar-refractivity contribution >= 4 is 40.6 Å². The van der Waals surface area contributed by atoms with Crippen LogP contribution in [-0.4, -0.2) is 59.5 Å². The van der Waals surface area contributed by atoms with E-state index in [1.807, 2.05) is 53.9 Å². The number of thiophene rings is 1. The van der Waals surface area contributed by atoms with Gasteiger partial charge in [0.15, 0.2) is 0 Å². The van der Waals surface area contributed by atoms with Gasteiger partial charge in [0.2, 0.25) is 5.91 Å². The molecule has 166 valence electrons. The Hall–Kier alpha value is -2.94. The lowest BCUT2D eigenvalue weighted by Crippen LogP contribution is -2.52. The molecule has 0 aliphatic carbocycles. The molecule has 1 unspecified atom stereocenters. The summed E-state index contributed by atoms with van der Waals surface area (Å²) in [5, 5.41) is 5.19. The number of nitrogens with one attached hydrogen (secondary N) is 1. The maximum Gasteiger partial charge on any atom is 0.321 e. The van der Waals surface area contributed by atoms with E-state index in [1.165, 1.54) is 11.3 Å². The SMILES string of the molecule is O=C(COC(c1cccs1)c1cccnc1Cl)N1CCN(C(=O)Nc2ccccc2)CC1. The third-order valence-corrected chi connectivity index (χ3v) is 6.42. The zero-order valence-corrected chi connectivity index (χ0v) is 18.9. The van der Waals surface area contributed by atoms with Gasteiger partial charge in [-0.1, -0.05) is 41.9 Å². The molecule has 0 saturated carbocycles. The number of urea groups is 1. The van der Waals surface area contributed by atoms with Crippen molar-refractivity contribution in [3.63, 3.8) is 0 Å². The molecule has 7 nitrogen and oxygen atoms in total. The molecule has 0 bridgehead atoms. The van der Waals surface area contributed by atoms with Gasteiger partial charge in [0.25, 0.3) is 0 Å². The van der Waals surface area contributed by atoms with Crippen LogP contribution in [0.3, 0.4) is 0 Å². The second-order valence-electron chi connectivity index (χ2n) is 7.25. The number of piperazine rings is 1. The highest BCUT2D eigenvalue weighted by atomic mass is 35.5. The van der Waals surface area contributed by atoms with Crippen molar-refractivity contribution in [2.75, 3.05) is 38.1 Å². The maximum atomic E-state index is 12.8. The number of aromatic nitrogens is 1. The van der Waals surface area contributed by atoms with Gasteiger partial charge in [-0.2, -0.15) is 0 Å². The number of amides is 3. The second-order valence-corrected chi connectivity index (χ2v) is 8.59. The van der Waals surface area contributed by atoms with Crippen molar-refractivity contribution in [1.82, 2.24) is 14.8 Å². The monoisotopic (exact) mass is 470 g/mol. The van der Waals surface area contributed by atoms with Crippen LogP contribution in [-0.2, 0) is 9.53 Å². The van der Waals surface area contributed by atoms with E-state index < -0.39 is 6.10 Å². The van der Waals surface area contributed by atoms with Gasteiger partial charge in [-0.05, 0) is 29.6 Å². The van der Waals surface area contributed by atoms with E-state index >= 15 is 0 Å². The minimum atomic E-state index is -0.460. The lowest BCUT2D eigenvalue weighted by Gasteiger charge is -2.35. The van der Waals surface area contributed by atoms with Gasteiger partial charge < -0.3 is 19.9 Å². The number of pyridine rings is 1. The first-order valence-electron chi connectivity index (χ1n) is 10.3. The number of halogens is 1. The van der Waals surface area contributed by atoms with E-state index in [0.717, 1.165) is 16.1 Å². The number of hydrogen-bond acceptors (Lipinski definition) is 5. The van der Waals surface area contributed by atoms with Crippen molar-refractivity contribution in [3.8, 4) is 0 Å². The van der Waals surface area contributed by atoms with E-state index in [2.05, 4.69) is 10.3 Å². The predicted octanol–water partition coefficient (Wildman–Crippen LogP) is 4.28. The van der Waals surface area contributed by atoms with Crippen LogP contribution < -0.4 is 5.32 Å². The van der Waals surface area contributed by atoms with Crippen molar-refractivity contribution < 1.29 is 14.3 Å². The summed E-state index contributed by atoms with van der Waals surface area (Å²) in [4.78, 5) is 33.8. The molecule has 0 radical (unpaired) electrons. The lowest BCUT2D eigenvalue weighted by molar-refractivity contribution is -0.138. The number of rotatable bonds is 6. The average Bonchev–Trinajstić information content (AvgIpc) is 3.35. The number of carbonyl (C=O) groups is 2. The van der Waals surface area contributed by atoms with E-state index in [9.17, 15) is 9.59 Å². The quantitative estimate of drug-likeness (QED) is 0.546. The first-order chi connectivity index (χ1) is 15.6. The molecule has 1 atom stereocenters. The molecule has 3 amide bonds. The Labute approximate surface area is 195 Å². The fourth-order valence-corrected chi connectivity index (χ4v) is 4.50. The zero-order chi connectivity index (χ0) is 22.3. The minimum absolute atomic E-state index is 0.0794. The van der Waals surface area contributed by atoms with Crippen LogP contribution in [0.15, 0.2) is 66.2 Å². The first kappa shape index (κ1) is 22.3. The van der Waals surface area contributed by atoms with Crippen molar-refractivity contribution in [2.45, 2.75) is 6.10 Å². The highest BCUT2D eigenvalue weighted by Gasteiger charge is 2.26. The van der Waals surface area contributed by atoms with Crippen LogP contribution in [0, 0.1) is 0 Å². The highest BCUT2D eigenvalue weighted by molar-refractivity contribution is 7.10. The molecule has 1 aliphatic heterocycles. The van der Waals surface area contributed by atoms with Gasteiger partial charge in [-0.25, -0.2) is 9.78 Å². The van der Waals surface area contributed by atoms with Crippen LogP contribution in [0.4, 0.5) is 10.5 Å². The number of hydrogen-bond donors (Lipinski definition) is 1. The predicted molar refractivity (Wildman–Crippen MR) is 125 cm³/mol. The number of para-hydroxylation sites is 1. The third-order valence-electron chi connectivity index (χ3n) is 5.19. The van der Waals surface area contributed by atoms with Crippen molar-refractivity contribution in [1.29, 1.82) is 0 Å². The summed E-state index contributed by atoms with van der Waals surface area (Å²) in [6, 6.07) is 16.7. The zero-order valence-electron chi connectivity index (χ0n) is 17.3. The molecule has 32 heavy (non-hydrogen) atoms. The summed E-state index contributed by atoms with van der Waals surface area (Å²) in [6.45, 7) is 1.77. The fraction of sp³-hybridized carbons (Fsp3) is 0.261. The van der Waals surface area contributed by atoms with Crippen LogP contribution in [0.5, 0.6) is 0 Å². The lowest BCUT2D eigenvalue weighted by atomic mass is 10.1. The molecule has 2 aromatic heterocycles. The molecule has 9 heteroatoms. The van der Waals surface area contributed by atoms with E-state index in [-0.39, 0.29) is 18.5 Å².